The number of nitrogens with zero attached hydrogens (tertiary/aromatic N) is 9. The van der Waals surface area contributed by atoms with Gasteiger partial charge in [0.25, 0.3) is 0 Å². The highest BCUT2D eigenvalue weighted by atomic mass is 32.1. The van der Waals surface area contributed by atoms with Crippen LogP contribution in [0.5, 0.6) is 0 Å². The van der Waals surface area contributed by atoms with Gasteiger partial charge in [0.05, 0.1) is 11.9 Å². The Morgan fingerprint density at radius 2 is 1.89 bits per heavy atom. The second-order valence-electron chi connectivity index (χ2n) is 10.2. The van der Waals surface area contributed by atoms with Crippen LogP contribution in [0.2, 0.25) is 0 Å². The molecule has 0 atom stereocenters. The van der Waals surface area contributed by atoms with E-state index in [1.807, 2.05) is 30.9 Å². The summed E-state index contributed by atoms with van der Waals surface area (Å²) in [6.07, 6.45) is 5.24. The maximum atomic E-state index is 12.9. The first-order valence-corrected chi connectivity index (χ1v) is 14.0. The lowest BCUT2D eigenvalue weighted by atomic mass is 9.92. The van der Waals surface area contributed by atoms with Crippen LogP contribution < -0.4 is 10.2 Å². The van der Waals surface area contributed by atoms with Gasteiger partial charge in [-0.3, -0.25) is 0 Å². The zero-order chi connectivity index (χ0) is 26.6. The van der Waals surface area contributed by atoms with Crippen molar-refractivity contribution in [3.8, 4) is 6.07 Å². The maximum absolute atomic E-state index is 12.9. The molecule has 3 aromatic rings. The van der Waals surface area contributed by atoms with E-state index in [1.54, 1.807) is 6.20 Å². The lowest BCUT2D eigenvalue weighted by Crippen LogP contribution is -2.45. The average Bonchev–Trinajstić information content (AvgIpc) is 3.52. The van der Waals surface area contributed by atoms with Gasteiger partial charge in [-0.25, -0.2) is 19.7 Å². The van der Waals surface area contributed by atoms with Gasteiger partial charge in [0, 0.05) is 57.4 Å². The Morgan fingerprint density at radius 3 is 2.55 bits per heavy atom. The van der Waals surface area contributed by atoms with Crippen LogP contribution in [0.3, 0.4) is 0 Å². The van der Waals surface area contributed by atoms with E-state index < -0.39 is 0 Å². The van der Waals surface area contributed by atoms with Crippen molar-refractivity contribution in [2.24, 2.45) is 5.92 Å². The quantitative estimate of drug-likeness (QED) is 0.507. The lowest BCUT2D eigenvalue weighted by Gasteiger charge is -2.33. The number of thiazole rings is 1. The van der Waals surface area contributed by atoms with E-state index >= 15 is 0 Å². The maximum Gasteiger partial charge on any atom is 0.344 e. The SMILES string of the molecule is Cc1cc(C)n(C(=O)N2CCC(CCc3nc(Nc4ncc(C#N)s4)cc(N4CCN(C)CC4)n3)CC2)n1. The third-order valence-corrected chi connectivity index (χ3v) is 8.11. The molecule has 0 aromatic carbocycles. The molecule has 5 rings (SSSR count). The molecule has 1 N–H and O–H groups in total. The molecule has 2 saturated heterocycles. The summed E-state index contributed by atoms with van der Waals surface area (Å²) in [5.74, 6) is 2.95. The van der Waals surface area contributed by atoms with Crippen molar-refractivity contribution in [1.29, 1.82) is 5.26 Å². The molecular weight excluding hydrogens is 500 g/mol. The van der Waals surface area contributed by atoms with Gasteiger partial charge in [0.2, 0.25) is 0 Å². The highest BCUT2D eigenvalue weighted by Crippen LogP contribution is 2.26. The zero-order valence-electron chi connectivity index (χ0n) is 22.2. The Kier molecular flexibility index (Phi) is 7.85. The summed E-state index contributed by atoms with van der Waals surface area (Å²) in [6, 6.07) is 6.01. The lowest BCUT2D eigenvalue weighted by molar-refractivity contribution is 0.166. The zero-order valence-corrected chi connectivity index (χ0v) is 23.0. The van der Waals surface area contributed by atoms with E-state index in [4.69, 9.17) is 15.2 Å². The number of nitrogens with one attached hydrogen (secondary N) is 1. The van der Waals surface area contributed by atoms with E-state index in [2.05, 4.69) is 38.3 Å². The number of hydrogen-bond acceptors (Lipinski definition) is 10. The largest absolute Gasteiger partial charge is 0.354 e. The van der Waals surface area contributed by atoms with E-state index in [-0.39, 0.29) is 6.03 Å². The standard InChI is InChI=1S/C26H34N10OS/c1-18-14-19(2)36(32-18)26(37)35-8-6-20(7-9-35)4-5-22-29-23(31-25-28-17-21(16-27)38-25)15-24(30-22)34-12-10-33(3)11-13-34/h14-15,17,20H,4-13H2,1-3H3,(H,28,29,30,31). The molecule has 0 saturated carbocycles. The molecule has 0 aliphatic carbocycles. The van der Waals surface area contributed by atoms with Crippen LogP contribution in [0.1, 0.15) is 41.4 Å². The molecule has 0 radical (unpaired) electrons. The highest BCUT2D eigenvalue weighted by Gasteiger charge is 2.25. The van der Waals surface area contributed by atoms with Gasteiger partial charge in [-0.1, -0.05) is 11.3 Å². The van der Waals surface area contributed by atoms with E-state index in [1.165, 1.54) is 16.0 Å². The van der Waals surface area contributed by atoms with Crippen LogP contribution in [-0.4, -0.2) is 86.9 Å². The number of aryl methyl sites for hydroxylation is 3. The van der Waals surface area contributed by atoms with Crippen LogP contribution in [-0.2, 0) is 6.42 Å². The molecule has 1 amide bonds. The van der Waals surface area contributed by atoms with Crippen LogP contribution in [0, 0.1) is 31.1 Å². The fourth-order valence-corrected chi connectivity index (χ4v) is 5.67. The van der Waals surface area contributed by atoms with Crippen molar-refractivity contribution in [3.63, 3.8) is 0 Å². The number of likely N-dealkylation sites (tertiary alicyclic amines) is 1. The van der Waals surface area contributed by atoms with E-state index in [9.17, 15) is 4.79 Å². The van der Waals surface area contributed by atoms with Gasteiger partial charge in [0.15, 0.2) is 5.13 Å². The Balaban J connectivity index is 1.23. The molecule has 2 aliphatic rings. The van der Waals surface area contributed by atoms with Crippen molar-refractivity contribution >= 4 is 34.1 Å². The summed E-state index contributed by atoms with van der Waals surface area (Å²) in [4.78, 5) is 34.0. The van der Waals surface area contributed by atoms with E-state index in [0.717, 1.165) is 88.0 Å². The third kappa shape index (κ3) is 6.11. The summed E-state index contributed by atoms with van der Waals surface area (Å²) >= 11 is 1.31. The minimum Gasteiger partial charge on any atom is -0.354 e. The molecule has 3 aromatic heterocycles. The number of nitriles is 1. The first-order valence-electron chi connectivity index (χ1n) is 13.1. The number of carbonyl (C=O) groups is 1. The number of rotatable bonds is 6. The van der Waals surface area contributed by atoms with Gasteiger partial charge in [-0.2, -0.15) is 15.0 Å². The van der Waals surface area contributed by atoms with Crippen molar-refractivity contribution < 1.29 is 4.79 Å². The highest BCUT2D eigenvalue weighted by molar-refractivity contribution is 7.16. The summed E-state index contributed by atoms with van der Waals surface area (Å²) in [6.45, 7) is 9.13. The van der Waals surface area contributed by atoms with Gasteiger partial charge in [0.1, 0.15) is 28.4 Å². The number of piperazine rings is 1. The van der Waals surface area contributed by atoms with Crippen molar-refractivity contribution in [2.75, 3.05) is 56.5 Å². The van der Waals surface area contributed by atoms with Crippen molar-refractivity contribution in [1.82, 2.24) is 34.5 Å². The first-order chi connectivity index (χ1) is 18.4. The van der Waals surface area contributed by atoms with Crippen LogP contribution >= 0.6 is 11.3 Å². The molecule has 0 spiro atoms. The number of likely N-dealkylation sites (N-methyl/N-ethyl adjacent to an activating group) is 1. The number of piperidine rings is 1. The number of amides is 1. The second kappa shape index (κ2) is 11.4. The fraction of sp³-hybridized carbons (Fsp3) is 0.538. The molecule has 12 heteroatoms. The number of aromatic nitrogens is 5. The minimum atomic E-state index is -0.0327. The number of anilines is 3. The van der Waals surface area contributed by atoms with Crippen molar-refractivity contribution in [3.05, 3.63) is 40.4 Å². The summed E-state index contributed by atoms with van der Waals surface area (Å²) in [7, 11) is 2.14. The van der Waals surface area contributed by atoms with Gasteiger partial charge >= 0.3 is 6.03 Å². The summed E-state index contributed by atoms with van der Waals surface area (Å²) in [5, 5.41) is 17.4. The third-order valence-electron chi connectivity index (χ3n) is 7.29. The average molecular weight is 535 g/mol. The topological polar surface area (TPSA) is 119 Å². The molecular formula is C26H34N10OS. The summed E-state index contributed by atoms with van der Waals surface area (Å²) in [5.41, 5.74) is 1.73. The molecule has 200 valence electrons. The molecule has 5 heterocycles. The molecule has 11 nitrogen and oxygen atoms in total. The molecule has 0 bridgehead atoms. The van der Waals surface area contributed by atoms with Crippen LogP contribution in [0.15, 0.2) is 18.3 Å². The monoisotopic (exact) mass is 534 g/mol. The van der Waals surface area contributed by atoms with Gasteiger partial charge in [-0.05, 0) is 52.1 Å². The van der Waals surface area contributed by atoms with Gasteiger partial charge < -0.3 is 20.0 Å². The Labute approximate surface area is 227 Å². The van der Waals surface area contributed by atoms with Crippen LogP contribution in [0.4, 0.5) is 21.6 Å². The predicted octanol–water partition coefficient (Wildman–Crippen LogP) is 3.43. The molecule has 2 aliphatic heterocycles. The number of carbonyl (C=O) groups excluding carboxylic acids is 1. The first kappa shape index (κ1) is 26.1. The predicted molar refractivity (Wildman–Crippen MR) is 147 cm³/mol. The Hall–Kier alpha value is -3.56. The van der Waals surface area contributed by atoms with Crippen LogP contribution in [0.25, 0.3) is 0 Å². The Morgan fingerprint density at radius 1 is 1.13 bits per heavy atom. The van der Waals surface area contributed by atoms with E-state index in [0.29, 0.717) is 21.7 Å². The molecule has 0 unspecified atom stereocenters. The summed E-state index contributed by atoms with van der Waals surface area (Å²) < 4.78 is 1.52. The molecule has 38 heavy (non-hydrogen) atoms. The Bertz CT molecular complexity index is 1310. The van der Waals surface area contributed by atoms with Crippen molar-refractivity contribution in [2.45, 2.75) is 39.5 Å². The smallest absolute Gasteiger partial charge is 0.344 e. The molecule has 2 fully saturated rings. The fourth-order valence-electron chi connectivity index (χ4n) is 5.05. The van der Waals surface area contributed by atoms with Gasteiger partial charge in [-0.15, -0.1) is 0 Å². The second-order valence-corrected chi connectivity index (χ2v) is 11.2. The minimum absolute atomic E-state index is 0.0327. The number of hydrogen-bond donors (Lipinski definition) is 1. The normalized spacial score (nSPS) is 17.0.